The van der Waals surface area contributed by atoms with Gasteiger partial charge in [-0.25, -0.2) is 4.39 Å². The van der Waals surface area contributed by atoms with Crippen molar-refractivity contribution in [3.8, 4) is 0 Å². The van der Waals surface area contributed by atoms with Crippen molar-refractivity contribution in [1.29, 1.82) is 0 Å². The number of hydrogen-bond acceptors (Lipinski definition) is 3. The maximum atomic E-state index is 13.6. The summed E-state index contributed by atoms with van der Waals surface area (Å²) in [5, 5.41) is 4.29. The molecule has 0 fully saturated rings. The van der Waals surface area contributed by atoms with Crippen molar-refractivity contribution in [2.24, 2.45) is 0 Å². The van der Waals surface area contributed by atoms with E-state index < -0.39 is 5.82 Å². The van der Waals surface area contributed by atoms with Crippen molar-refractivity contribution in [3.63, 3.8) is 0 Å². The quantitative estimate of drug-likeness (QED) is 0.770. The number of ketones is 1. The van der Waals surface area contributed by atoms with E-state index in [0.29, 0.717) is 18.7 Å². The molecule has 0 aliphatic carbocycles. The third kappa shape index (κ3) is 3.23. The van der Waals surface area contributed by atoms with E-state index in [0.717, 1.165) is 0 Å². The summed E-state index contributed by atoms with van der Waals surface area (Å²) in [6, 6.07) is 6.18. The molecule has 0 unspecified atom stereocenters. The molecule has 106 valence electrons. The van der Waals surface area contributed by atoms with Crippen molar-refractivity contribution in [1.82, 2.24) is 9.78 Å². The molecule has 0 amide bonds. The molecule has 2 rings (SSSR count). The molecule has 1 aromatic heterocycles. The van der Waals surface area contributed by atoms with E-state index in [1.807, 2.05) is 0 Å². The van der Waals surface area contributed by atoms with Crippen LogP contribution in [0.2, 0.25) is 5.02 Å². The third-order valence-corrected chi connectivity index (χ3v) is 3.15. The smallest absolute Gasteiger partial charge is 0.186 e. The maximum Gasteiger partial charge on any atom is 0.186 e. The van der Waals surface area contributed by atoms with Crippen molar-refractivity contribution in [2.45, 2.75) is 13.0 Å². The van der Waals surface area contributed by atoms with Crippen molar-refractivity contribution in [2.75, 3.05) is 13.7 Å². The van der Waals surface area contributed by atoms with Gasteiger partial charge in [0, 0.05) is 13.5 Å². The molecule has 0 aliphatic heterocycles. The molecule has 0 spiro atoms. The van der Waals surface area contributed by atoms with Crippen LogP contribution in [0.3, 0.4) is 0 Å². The zero-order chi connectivity index (χ0) is 14.5. The molecular formula is C14H14ClFN2O2. The Bertz CT molecular complexity index is 613. The average Bonchev–Trinajstić information content (AvgIpc) is 2.80. The number of carbonyl (C=O) groups excluding carboxylic acids is 1. The normalized spacial score (nSPS) is 10.8. The Kier molecular flexibility index (Phi) is 4.87. The Hall–Kier alpha value is -1.72. The van der Waals surface area contributed by atoms with Gasteiger partial charge in [0.05, 0.1) is 24.4 Å². The Morgan fingerprint density at radius 1 is 1.45 bits per heavy atom. The first-order valence-electron chi connectivity index (χ1n) is 6.10. The maximum absolute atomic E-state index is 13.6. The highest BCUT2D eigenvalue weighted by Crippen LogP contribution is 2.18. The SMILES string of the molecule is COCCn1ncc(Cl)c1C(=O)Cc1ccccc1F. The van der Waals surface area contributed by atoms with E-state index in [1.54, 1.807) is 25.3 Å². The zero-order valence-corrected chi connectivity index (χ0v) is 11.7. The van der Waals surface area contributed by atoms with E-state index in [4.69, 9.17) is 16.3 Å². The van der Waals surface area contributed by atoms with Crippen LogP contribution in [0.1, 0.15) is 16.1 Å². The molecule has 0 aliphatic rings. The summed E-state index contributed by atoms with van der Waals surface area (Å²) in [6.45, 7) is 0.833. The third-order valence-electron chi connectivity index (χ3n) is 2.87. The molecule has 2 aromatic rings. The van der Waals surface area contributed by atoms with Gasteiger partial charge in [-0.2, -0.15) is 5.10 Å². The minimum Gasteiger partial charge on any atom is -0.383 e. The molecule has 6 heteroatoms. The minimum absolute atomic E-state index is 0.0505. The second-order valence-electron chi connectivity index (χ2n) is 4.25. The predicted molar refractivity (Wildman–Crippen MR) is 73.5 cm³/mol. The van der Waals surface area contributed by atoms with Crippen LogP contribution in [-0.2, 0) is 17.7 Å². The molecule has 0 atom stereocenters. The van der Waals surface area contributed by atoms with Crippen LogP contribution in [0, 0.1) is 5.82 Å². The number of aromatic nitrogens is 2. The van der Waals surface area contributed by atoms with Gasteiger partial charge in [-0.15, -0.1) is 0 Å². The first-order valence-corrected chi connectivity index (χ1v) is 6.48. The molecular weight excluding hydrogens is 283 g/mol. The predicted octanol–water partition coefficient (Wildman–Crippen LogP) is 2.75. The number of nitrogens with zero attached hydrogens (tertiary/aromatic N) is 2. The summed E-state index contributed by atoms with van der Waals surface area (Å²) < 4.78 is 20.0. The minimum atomic E-state index is -0.403. The van der Waals surface area contributed by atoms with Crippen molar-refractivity contribution >= 4 is 17.4 Å². The van der Waals surface area contributed by atoms with Gasteiger partial charge in [0.1, 0.15) is 11.5 Å². The Morgan fingerprint density at radius 2 is 2.20 bits per heavy atom. The number of halogens is 2. The van der Waals surface area contributed by atoms with Gasteiger partial charge in [0.25, 0.3) is 0 Å². The Balaban J connectivity index is 2.21. The fourth-order valence-corrected chi connectivity index (χ4v) is 2.13. The van der Waals surface area contributed by atoms with Gasteiger partial charge in [0.2, 0.25) is 0 Å². The van der Waals surface area contributed by atoms with E-state index in [2.05, 4.69) is 5.10 Å². The summed E-state index contributed by atoms with van der Waals surface area (Å²) in [5.74, 6) is -0.673. The highest BCUT2D eigenvalue weighted by molar-refractivity contribution is 6.33. The molecule has 1 aromatic carbocycles. The molecule has 0 N–H and O–H groups in total. The lowest BCUT2D eigenvalue weighted by Crippen LogP contribution is -2.16. The van der Waals surface area contributed by atoms with Crippen LogP contribution >= 0.6 is 11.6 Å². The number of Topliss-reactive ketones (excluding diaryl/α,β-unsaturated/α-hetero) is 1. The number of benzene rings is 1. The standard InChI is InChI=1S/C14H14ClFN2O2/c1-20-7-6-18-14(11(15)9-17-18)13(19)8-10-4-2-3-5-12(10)16/h2-5,9H,6-8H2,1H3. The Morgan fingerprint density at radius 3 is 2.90 bits per heavy atom. The van der Waals surface area contributed by atoms with Gasteiger partial charge in [0.15, 0.2) is 5.78 Å². The molecule has 0 saturated heterocycles. The van der Waals surface area contributed by atoms with Crippen LogP contribution in [0.4, 0.5) is 4.39 Å². The largest absolute Gasteiger partial charge is 0.383 e. The van der Waals surface area contributed by atoms with Gasteiger partial charge in [-0.05, 0) is 11.6 Å². The fourth-order valence-electron chi connectivity index (χ4n) is 1.89. The molecule has 0 radical (unpaired) electrons. The van der Waals surface area contributed by atoms with Crippen LogP contribution in [-0.4, -0.2) is 29.3 Å². The van der Waals surface area contributed by atoms with Gasteiger partial charge in [-0.3, -0.25) is 9.48 Å². The highest BCUT2D eigenvalue weighted by Gasteiger charge is 2.18. The topological polar surface area (TPSA) is 44.1 Å². The lowest BCUT2D eigenvalue weighted by molar-refractivity contribution is 0.0978. The Labute approximate surface area is 121 Å². The summed E-state index contributed by atoms with van der Waals surface area (Å²) in [4.78, 5) is 12.3. The van der Waals surface area contributed by atoms with Gasteiger partial charge >= 0.3 is 0 Å². The molecule has 20 heavy (non-hydrogen) atoms. The van der Waals surface area contributed by atoms with E-state index >= 15 is 0 Å². The lowest BCUT2D eigenvalue weighted by Gasteiger charge is -2.07. The second-order valence-corrected chi connectivity index (χ2v) is 4.66. The van der Waals surface area contributed by atoms with E-state index in [1.165, 1.54) is 16.9 Å². The van der Waals surface area contributed by atoms with E-state index in [-0.39, 0.29) is 22.9 Å². The molecule has 0 bridgehead atoms. The monoisotopic (exact) mass is 296 g/mol. The average molecular weight is 297 g/mol. The number of rotatable bonds is 6. The first kappa shape index (κ1) is 14.7. The second kappa shape index (κ2) is 6.63. The highest BCUT2D eigenvalue weighted by atomic mass is 35.5. The first-order chi connectivity index (χ1) is 9.63. The van der Waals surface area contributed by atoms with E-state index in [9.17, 15) is 9.18 Å². The summed E-state index contributed by atoms with van der Waals surface area (Å²) in [6.07, 6.45) is 1.36. The lowest BCUT2D eigenvalue weighted by atomic mass is 10.1. The number of ether oxygens (including phenoxy) is 1. The van der Waals surface area contributed by atoms with Gasteiger partial charge in [-0.1, -0.05) is 29.8 Å². The van der Waals surface area contributed by atoms with Crippen LogP contribution in [0.5, 0.6) is 0 Å². The fraction of sp³-hybridized carbons (Fsp3) is 0.286. The van der Waals surface area contributed by atoms with Crippen LogP contribution < -0.4 is 0 Å². The van der Waals surface area contributed by atoms with Crippen molar-refractivity contribution < 1.29 is 13.9 Å². The number of carbonyl (C=O) groups is 1. The molecule has 1 heterocycles. The summed E-state index contributed by atoms with van der Waals surface area (Å²) >= 11 is 5.99. The summed E-state index contributed by atoms with van der Waals surface area (Å²) in [7, 11) is 1.56. The van der Waals surface area contributed by atoms with Crippen LogP contribution in [0.15, 0.2) is 30.5 Å². The van der Waals surface area contributed by atoms with Crippen LogP contribution in [0.25, 0.3) is 0 Å². The van der Waals surface area contributed by atoms with Gasteiger partial charge < -0.3 is 4.74 Å². The zero-order valence-electron chi connectivity index (χ0n) is 11.0. The van der Waals surface area contributed by atoms with Crippen molar-refractivity contribution in [3.05, 3.63) is 52.6 Å². The molecule has 0 saturated carbocycles. The summed E-state index contributed by atoms with van der Waals surface area (Å²) in [5.41, 5.74) is 0.625. The number of hydrogen-bond donors (Lipinski definition) is 0. The molecule has 4 nitrogen and oxygen atoms in total. The number of methoxy groups -OCH3 is 1.